The van der Waals surface area contributed by atoms with Gasteiger partial charge in [0.25, 0.3) is 11.8 Å². The van der Waals surface area contributed by atoms with E-state index < -0.39 is 5.54 Å². The molecule has 3 aromatic rings. The fourth-order valence-electron chi connectivity index (χ4n) is 5.08. The minimum Gasteiger partial charge on any atom is -0.379 e. The Balaban J connectivity index is 1.35. The number of anilines is 1. The lowest BCUT2D eigenvalue weighted by molar-refractivity contribution is -0.125. The molecule has 0 aliphatic carbocycles. The van der Waals surface area contributed by atoms with Gasteiger partial charge in [0, 0.05) is 36.2 Å². The number of nitrogens with one attached hydrogen (secondary N) is 2. The van der Waals surface area contributed by atoms with Gasteiger partial charge in [-0.3, -0.25) is 9.59 Å². The van der Waals surface area contributed by atoms with Crippen molar-refractivity contribution < 1.29 is 19.1 Å². The molecule has 1 fully saturated rings. The minimum absolute atomic E-state index is 0.166. The molecule has 5 rings (SSSR count). The Labute approximate surface area is 204 Å². The Morgan fingerprint density at radius 1 is 1.14 bits per heavy atom. The number of para-hydroxylation sites is 1. The van der Waals surface area contributed by atoms with E-state index in [-0.39, 0.29) is 23.9 Å². The van der Waals surface area contributed by atoms with Gasteiger partial charge in [-0.05, 0) is 69.5 Å². The van der Waals surface area contributed by atoms with Gasteiger partial charge in [0.1, 0.15) is 0 Å². The number of hydrogen-bond donors (Lipinski definition) is 2. The van der Waals surface area contributed by atoms with Crippen molar-refractivity contribution in [1.82, 2.24) is 15.2 Å². The summed E-state index contributed by atoms with van der Waals surface area (Å²) in [4.78, 5) is 45.9. The lowest BCUT2D eigenvalue weighted by atomic mass is 9.87. The first-order chi connectivity index (χ1) is 16.8. The highest BCUT2D eigenvalue weighted by molar-refractivity contribution is 6.23. The number of hydrogen-bond acceptors (Lipinski definition) is 4. The molecule has 2 N–H and O–H groups in total. The van der Waals surface area contributed by atoms with Crippen LogP contribution in [-0.4, -0.2) is 53.5 Å². The van der Waals surface area contributed by atoms with Crippen molar-refractivity contribution in [3.8, 4) is 0 Å². The first kappa shape index (κ1) is 23.1. The van der Waals surface area contributed by atoms with Crippen LogP contribution in [0, 0.1) is 0 Å². The SMILES string of the molecule is CC(C)OCCCNC(=O)c1ccc(N2C(=O)N3CCc4c([nH]c5ccccc45)C3(C)C2=O)cc1. The van der Waals surface area contributed by atoms with Crippen LogP contribution in [0.1, 0.15) is 48.8 Å². The monoisotopic (exact) mass is 474 g/mol. The molecule has 2 aliphatic rings. The smallest absolute Gasteiger partial charge is 0.332 e. The number of urea groups is 1. The molecule has 8 nitrogen and oxygen atoms in total. The maximum absolute atomic E-state index is 13.7. The standard InChI is InChI=1S/C27H30N4O4/c1-17(2)35-16-6-14-28-24(32)18-9-11-19(12-10-18)31-25(33)27(3)23-21(13-15-30(27)26(31)34)20-7-4-5-8-22(20)29-23/h4-5,7-12,17,29H,6,13-16H2,1-3H3,(H,28,32). The minimum atomic E-state index is -1.10. The third-order valence-corrected chi connectivity index (χ3v) is 6.91. The predicted octanol–water partition coefficient (Wildman–Crippen LogP) is 3.95. The summed E-state index contributed by atoms with van der Waals surface area (Å²) in [5, 5.41) is 3.96. The van der Waals surface area contributed by atoms with Gasteiger partial charge in [-0.15, -0.1) is 0 Å². The van der Waals surface area contributed by atoms with Crippen molar-refractivity contribution in [2.45, 2.75) is 45.3 Å². The second-order valence-electron chi connectivity index (χ2n) is 9.50. The molecule has 0 spiro atoms. The molecule has 2 aromatic carbocycles. The zero-order chi connectivity index (χ0) is 24.7. The molecule has 1 unspecified atom stereocenters. The lowest BCUT2D eigenvalue weighted by Crippen LogP contribution is -2.49. The number of rotatable bonds is 7. The van der Waals surface area contributed by atoms with E-state index in [0.717, 1.165) is 28.6 Å². The number of amides is 4. The second-order valence-corrected chi connectivity index (χ2v) is 9.50. The summed E-state index contributed by atoms with van der Waals surface area (Å²) in [6.07, 6.45) is 1.57. The zero-order valence-corrected chi connectivity index (χ0v) is 20.3. The summed E-state index contributed by atoms with van der Waals surface area (Å²) in [5.41, 5.74) is 2.66. The fraction of sp³-hybridized carbons (Fsp3) is 0.370. The van der Waals surface area contributed by atoms with Gasteiger partial charge < -0.3 is 19.9 Å². The summed E-state index contributed by atoms with van der Waals surface area (Å²) in [5.74, 6) is -0.496. The number of fused-ring (bicyclic) bond motifs is 5. The maximum atomic E-state index is 13.7. The van der Waals surface area contributed by atoms with E-state index in [9.17, 15) is 14.4 Å². The maximum Gasteiger partial charge on any atom is 0.332 e. The lowest BCUT2D eigenvalue weighted by Gasteiger charge is -2.35. The highest BCUT2D eigenvalue weighted by Gasteiger charge is 2.58. The summed E-state index contributed by atoms with van der Waals surface area (Å²) < 4.78 is 5.48. The topological polar surface area (TPSA) is 94.7 Å². The number of aromatic amines is 1. The van der Waals surface area contributed by atoms with Crippen LogP contribution >= 0.6 is 0 Å². The van der Waals surface area contributed by atoms with Crippen LogP contribution < -0.4 is 10.2 Å². The number of nitrogens with zero attached hydrogens (tertiary/aromatic N) is 2. The Morgan fingerprint density at radius 2 is 1.89 bits per heavy atom. The van der Waals surface area contributed by atoms with Gasteiger partial charge in [-0.25, -0.2) is 9.69 Å². The zero-order valence-electron chi connectivity index (χ0n) is 20.3. The molecule has 1 saturated heterocycles. The second kappa shape index (κ2) is 8.85. The molecule has 1 aromatic heterocycles. The van der Waals surface area contributed by atoms with Crippen molar-refractivity contribution in [2.24, 2.45) is 0 Å². The van der Waals surface area contributed by atoms with E-state index in [2.05, 4.69) is 10.3 Å². The van der Waals surface area contributed by atoms with E-state index >= 15 is 0 Å². The molecule has 35 heavy (non-hydrogen) atoms. The Kier molecular flexibility index (Phi) is 5.84. The van der Waals surface area contributed by atoms with Crippen LogP contribution in [0.2, 0.25) is 0 Å². The van der Waals surface area contributed by atoms with Gasteiger partial charge in [0.05, 0.1) is 17.5 Å². The first-order valence-electron chi connectivity index (χ1n) is 12.1. The van der Waals surface area contributed by atoms with Crippen LogP contribution in [0.25, 0.3) is 10.9 Å². The Hall–Kier alpha value is -3.65. The van der Waals surface area contributed by atoms with Gasteiger partial charge in [-0.2, -0.15) is 0 Å². The molecule has 1 atom stereocenters. The number of aromatic nitrogens is 1. The predicted molar refractivity (Wildman–Crippen MR) is 133 cm³/mol. The van der Waals surface area contributed by atoms with E-state index in [1.807, 2.05) is 45.0 Å². The number of H-pyrrole nitrogens is 1. The van der Waals surface area contributed by atoms with Crippen molar-refractivity contribution >= 4 is 34.4 Å². The number of imide groups is 1. The normalized spacial score (nSPS) is 19.4. The van der Waals surface area contributed by atoms with Crippen LogP contribution in [0.3, 0.4) is 0 Å². The molecule has 3 heterocycles. The van der Waals surface area contributed by atoms with Gasteiger partial charge >= 0.3 is 6.03 Å². The highest BCUT2D eigenvalue weighted by atomic mass is 16.5. The molecule has 0 saturated carbocycles. The number of carbonyl (C=O) groups is 3. The number of carbonyl (C=O) groups excluding carboxylic acids is 3. The summed E-state index contributed by atoms with van der Waals surface area (Å²) in [6, 6.07) is 14.2. The third-order valence-electron chi connectivity index (χ3n) is 6.91. The van der Waals surface area contributed by atoms with Crippen LogP contribution in [0.4, 0.5) is 10.5 Å². The van der Waals surface area contributed by atoms with Crippen LogP contribution in [-0.2, 0) is 21.5 Å². The Bertz CT molecular complexity index is 1300. The molecular formula is C27H30N4O4. The molecular weight excluding hydrogens is 444 g/mol. The van der Waals surface area contributed by atoms with Crippen molar-refractivity contribution in [3.63, 3.8) is 0 Å². The highest BCUT2D eigenvalue weighted by Crippen LogP contribution is 2.45. The average molecular weight is 475 g/mol. The average Bonchev–Trinajstić information content (AvgIpc) is 3.32. The van der Waals surface area contributed by atoms with Crippen LogP contribution in [0.5, 0.6) is 0 Å². The van der Waals surface area contributed by atoms with E-state index in [1.54, 1.807) is 29.2 Å². The van der Waals surface area contributed by atoms with Crippen molar-refractivity contribution in [2.75, 3.05) is 24.6 Å². The van der Waals surface area contributed by atoms with E-state index in [4.69, 9.17) is 4.74 Å². The molecule has 8 heteroatoms. The Morgan fingerprint density at radius 3 is 2.63 bits per heavy atom. The molecule has 182 valence electrons. The molecule has 0 bridgehead atoms. The van der Waals surface area contributed by atoms with Gasteiger partial charge in [-0.1, -0.05) is 18.2 Å². The summed E-state index contributed by atoms with van der Waals surface area (Å²) >= 11 is 0. The quantitative estimate of drug-likeness (QED) is 0.400. The van der Waals surface area contributed by atoms with Crippen molar-refractivity contribution in [3.05, 3.63) is 65.4 Å². The molecule has 0 radical (unpaired) electrons. The van der Waals surface area contributed by atoms with Gasteiger partial charge in [0.2, 0.25) is 0 Å². The van der Waals surface area contributed by atoms with E-state index in [0.29, 0.717) is 37.4 Å². The van der Waals surface area contributed by atoms with Crippen LogP contribution in [0.15, 0.2) is 48.5 Å². The van der Waals surface area contributed by atoms with Crippen molar-refractivity contribution in [1.29, 1.82) is 0 Å². The fourth-order valence-corrected chi connectivity index (χ4v) is 5.08. The third kappa shape index (κ3) is 3.78. The van der Waals surface area contributed by atoms with E-state index in [1.165, 1.54) is 4.90 Å². The first-order valence-corrected chi connectivity index (χ1v) is 12.1. The summed E-state index contributed by atoms with van der Waals surface area (Å²) in [7, 11) is 0. The largest absolute Gasteiger partial charge is 0.379 e. The molecule has 4 amide bonds. The number of ether oxygens (including phenoxy) is 1. The van der Waals surface area contributed by atoms with Gasteiger partial charge in [0.15, 0.2) is 5.54 Å². The number of benzene rings is 2. The summed E-state index contributed by atoms with van der Waals surface area (Å²) in [6.45, 7) is 7.32. The molecule has 2 aliphatic heterocycles.